The van der Waals surface area contributed by atoms with E-state index in [1.54, 1.807) is 0 Å². The van der Waals surface area contributed by atoms with Crippen molar-refractivity contribution in [2.45, 2.75) is 83.7 Å². The molecule has 1 aromatic carbocycles. The van der Waals surface area contributed by atoms with Gasteiger partial charge >= 0.3 is 6.03 Å². The number of carbonyl (C=O) groups is 1. The van der Waals surface area contributed by atoms with Gasteiger partial charge in [0.15, 0.2) is 0 Å². The summed E-state index contributed by atoms with van der Waals surface area (Å²) in [6, 6.07) is 11.5. The molecule has 1 heterocycles. The van der Waals surface area contributed by atoms with Crippen molar-refractivity contribution < 1.29 is 9.28 Å². The Labute approximate surface area is 190 Å². The van der Waals surface area contributed by atoms with Crippen molar-refractivity contribution in [2.24, 2.45) is 11.8 Å². The van der Waals surface area contributed by atoms with E-state index in [9.17, 15) is 4.79 Å². The lowest BCUT2D eigenvalue weighted by molar-refractivity contribution is -0.985. The minimum atomic E-state index is 0.0277. The van der Waals surface area contributed by atoms with Crippen LogP contribution in [0.1, 0.15) is 78.2 Å². The van der Waals surface area contributed by atoms with Crippen LogP contribution in [0.25, 0.3) is 0 Å². The zero-order chi connectivity index (χ0) is 22.1. The molecule has 1 N–H and O–H groups in total. The van der Waals surface area contributed by atoms with Crippen LogP contribution in [0.2, 0.25) is 0 Å². The number of amides is 2. The number of nitrogens with zero attached hydrogens (tertiary/aromatic N) is 2. The van der Waals surface area contributed by atoms with Crippen molar-refractivity contribution in [1.29, 1.82) is 0 Å². The first-order chi connectivity index (χ1) is 14.9. The molecule has 1 aromatic rings. The minimum absolute atomic E-state index is 0.0277. The monoisotopic (exact) mass is 426 g/mol. The van der Waals surface area contributed by atoms with Gasteiger partial charge in [0.1, 0.15) is 5.54 Å². The predicted octanol–water partition coefficient (Wildman–Crippen LogP) is 5.53. The molecule has 172 valence electrons. The third-order valence-electron chi connectivity index (χ3n) is 9.20. The van der Waals surface area contributed by atoms with Crippen molar-refractivity contribution in [3.05, 3.63) is 35.9 Å². The number of quaternary nitrogens is 1. The Balaban J connectivity index is 1.67. The topological polar surface area (TPSA) is 32.3 Å². The van der Waals surface area contributed by atoms with Crippen LogP contribution in [0, 0.1) is 11.8 Å². The number of carbonyl (C=O) groups excluding carboxylic acids is 1. The molecule has 1 saturated heterocycles. The Morgan fingerprint density at radius 3 is 2.23 bits per heavy atom. The summed E-state index contributed by atoms with van der Waals surface area (Å²) in [7, 11) is 0. The highest BCUT2D eigenvalue weighted by Crippen LogP contribution is 2.52. The molecule has 0 bridgehead atoms. The first-order valence-corrected chi connectivity index (χ1v) is 12.9. The lowest BCUT2D eigenvalue weighted by atomic mass is 9.66. The quantitative estimate of drug-likeness (QED) is 0.544. The van der Waals surface area contributed by atoms with Crippen LogP contribution >= 0.6 is 0 Å². The Bertz CT molecular complexity index is 743. The minimum Gasteiger partial charge on any atom is -0.336 e. The molecule has 4 nitrogen and oxygen atoms in total. The maximum Gasteiger partial charge on any atom is 0.318 e. The fourth-order valence-corrected chi connectivity index (χ4v) is 7.18. The van der Waals surface area contributed by atoms with Crippen molar-refractivity contribution in [1.82, 2.24) is 10.2 Å². The number of hydrogen-bond acceptors (Lipinski definition) is 1. The van der Waals surface area contributed by atoms with Crippen molar-refractivity contribution in [3.63, 3.8) is 0 Å². The van der Waals surface area contributed by atoms with Crippen LogP contribution in [0.15, 0.2) is 30.3 Å². The highest BCUT2D eigenvalue weighted by molar-refractivity contribution is 5.78. The van der Waals surface area contributed by atoms with E-state index in [-0.39, 0.29) is 17.1 Å². The van der Waals surface area contributed by atoms with Crippen LogP contribution < -0.4 is 5.32 Å². The van der Waals surface area contributed by atoms with E-state index < -0.39 is 0 Å². The molecule has 4 heteroatoms. The highest BCUT2D eigenvalue weighted by atomic mass is 16.2. The Hall–Kier alpha value is -1.55. The number of nitrogens with one attached hydrogen (secondary N) is 1. The molecule has 2 saturated carbocycles. The fraction of sp³-hybridized carbons (Fsp3) is 0.741. The zero-order valence-electron chi connectivity index (χ0n) is 20.3. The molecule has 1 spiro atoms. The SMILES string of the molecule is CC[N+](CC)(CC(C)C)[C@]1(c2ccccc2)CC[C@@]2(CC1)CNC(=O)N2CC1CCC1. The van der Waals surface area contributed by atoms with E-state index in [2.05, 4.69) is 68.2 Å². The molecule has 1 aliphatic heterocycles. The van der Waals surface area contributed by atoms with Crippen LogP contribution in [-0.2, 0) is 5.54 Å². The second kappa shape index (κ2) is 8.77. The fourth-order valence-electron chi connectivity index (χ4n) is 7.18. The normalized spacial score (nSPS) is 29.5. The van der Waals surface area contributed by atoms with E-state index in [1.807, 2.05) is 0 Å². The van der Waals surface area contributed by atoms with Gasteiger partial charge in [0.2, 0.25) is 0 Å². The molecule has 4 rings (SSSR count). The summed E-state index contributed by atoms with van der Waals surface area (Å²) >= 11 is 0. The van der Waals surface area contributed by atoms with Crippen LogP contribution in [0.4, 0.5) is 4.79 Å². The largest absolute Gasteiger partial charge is 0.336 e. The number of rotatable bonds is 8. The Kier molecular flexibility index (Phi) is 6.40. The highest BCUT2D eigenvalue weighted by Gasteiger charge is 2.58. The first kappa shape index (κ1) is 22.6. The number of benzene rings is 1. The van der Waals surface area contributed by atoms with E-state index >= 15 is 0 Å². The van der Waals surface area contributed by atoms with Crippen LogP contribution in [0.3, 0.4) is 0 Å². The molecule has 31 heavy (non-hydrogen) atoms. The second-order valence-electron chi connectivity index (χ2n) is 11.0. The molecule has 0 unspecified atom stereocenters. The molecule has 2 aliphatic carbocycles. The summed E-state index contributed by atoms with van der Waals surface area (Å²) in [5.74, 6) is 1.39. The Morgan fingerprint density at radius 1 is 1.06 bits per heavy atom. The van der Waals surface area contributed by atoms with Gasteiger partial charge in [-0.25, -0.2) is 4.79 Å². The van der Waals surface area contributed by atoms with Gasteiger partial charge in [-0.3, -0.25) is 0 Å². The summed E-state index contributed by atoms with van der Waals surface area (Å²) in [6.07, 6.45) is 8.51. The van der Waals surface area contributed by atoms with E-state index in [0.29, 0.717) is 5.92 Å². The molecule has 0 atom stereocenters. The van der Waals surface area contributed by atoms with Crippen molar-refractivity contribution in [2.75, 3.05) is 32.7 Å². The lowest BCUT2D eigenvalue weighted by Gasteiger charge is -2.58. The standard InChI is InChI=1S/C27H43N3O/c1-5-30(6-2,20-22(3)4)27(24-13-8-7-9-14-24)17-15-26(16-18-27)21-28-25(31)29(26)19-23-11-10-12-23/h7-9,13-14,22-23H,5-6,10-12,15-21H2,1-4H3/p+1/t26-,27-. The molecule has 2 amide bonds. The molecular weight excluding hydrogens is 382 g/mol. The molecule has 3 aliphatic rings. The average Bonchev–Trinajstić information content (AvgIpc) is 3.05. The summed E-state index contributed by atoms with van der Waals surface area (Å²) in [5.41, 5.74) is 1.69. The van der Waals surface area contributed by atoms with Gasteiger partial charge in [0, 0.05) is 37.4 Å². The number of hydrogen-bond donors (Lipinski definition) is 1. The maximum absolute atomic E-state index is 12.8. The van der Waals surface area contributed by atoms with Gasteiger partial charge < -0.3 is 14.7 Å². The lowest BCUT2D eigenvalue weighted by Crippen LogP contribution is -2.67. The van der Waals surface area contributed by atoms with E-state index in [0.717, 1.165) is 36.3 Å². The molecule has 0 radical (unpaired) electrons. The summed E-state index contributed by atoms with van der Waals surface area (Å²) in [4.78, 5) is 15.1. The van der Waals surface area contributed by atoms with Gasteiger partial charge in [0.25, 0.3) is 0 Å². The van der Waals surface area contributed by atoms with Gasteiger partial charge in [-0.15, -0.1) is 0 Å². The third-order valence-corrected chi connectivity index (χ3v) is 9.20. The van der Waals surface area contributed by atoms with E-state index in [4.69, 9.17) is 0 Å². The zero-order valence-corrected chi connectivity index (χ0v) is 20.3. The third kappa shape index (κ3) is 3.79. The Morgan fingerprint density at radius 2 is 1.71 bits per heavy atom. The molecule has 0 aromatic heterocycles. The first-order valence-electron chi connectivity index (χ1n) is 12.9. The van der Waals surface area contributed by atoms with Crippen molar-refractivity contribution in [3.8, 4) is 0 Å². The van der Waals surface area contributed by atoms with Gasteiger partial charge in [-0.1, -0.05) is 50.6 Å². The smallest absolute Gasteiger partial charge is 0.318 e. The van der Waals surface area contributed by atoms with Crippen LogP contribution in [-0.4, -0.2) is 53.7 Å². The number of urea groups is 1. The predicted molar refractivity (Wildman–Crippen MR) is 128 cm³/mol. The maximum atomic E-state index is 12.8. The van der Waals surface area contributed by atoms with Gasteiger partial charge in [-0.2, -0.15) is 0 Å². The van der Waals surface area contributed by atoms with E-state index in [1.165, 1.54) is 57.3 Å². The van der Waals surface area contributed by atoms with Gasteiger partial charge in [-0.05, 0) is 45.4 Å². The second-order valence-corrected chi connectivity index (χ2v) is 11.0. The van der Waals surface area contributed by atoms with Crippen molar-refractivity contribution >= 4 is 6.03 Å². The van der Waals surface area contributed by atoms with Crippen LogP contribution in [0.5, 0.6) is 0 Å². The molecular formula is C27H44N3O+. The summed E-state index contributed by atoms with van der Waals surface area (Å²) in [6.45, 7) is 14.9. The molecule has 3 fully saturated rings. The van der Waals surface area contributed by atoms with Gasteiger partial charge in [0.05, 0.1) is 25.2 Å². The average molecular weight is 427 g/mol. The summed E-state index contributed by atoms with van der Waals surface area (Å²) < 4.78 is 1.16. The summed E-state index contributed by atoms with van der Waals surface area (Å²) in [5, 5.41) is 3.23.